The van der Waals surface area contributed by atoms with Crippen LogP contribution in [0, 0.1) is 9.49 Å². The zero-order valence-electron chi connectivity index (χ0n) is 12.2. The molecule has 1 heterocycles. The quantitative estimate of drug-likeness (QED) is 0.797. The van der Waals surface area contributed by atoms with Crippen LogP contribution in [0.25, 0.3) is 0 Å². The third-order valence-electron chi connectivity index (χ3n) is 3.75. The molecule has 0 unspecified atom stereocenters. The van der Waals surface area contributed by atoms with Gasteiger partial charge in [0.15, 0.2) is 0 Å². The van der Waals surface area contributed by atoms with Crippen LogP contribution in [0.1, 0.15) is 63.4 Å². The summed E-state index contributed by atoms with van der Waals surface area (Å²) in [5.74, 6) is 3.28. The first-order valence-corrected chi connectivity index (χ1v) is 8.43. The Bertz CT molecular complexity index is 426. The number of anilines is 1. The Hall–Kier alpha value is -0.390. The van der Waals surface area contributed by atoms with Gasteiger partial charge in [-0.15, -0.1) is 0 Å². The van der Waals surface area contributed by atoms with Crippen molar-refractivity contribution in [2.45, 2.75) is 58.3 Å². The van der Waals surface area contributed by atoms with E-state index in [1.807, 2.05) is 7.05 Å². The standard InChI is InChI=1S/C15H24IN3/c1-10(2)9-12-13(16)15(17-3)19-14(18-12)11-7-5-4-6-8-11/h10-11H,4-9H2,1-3H3,(H,17,18,19). The summed E-state index contributed by atoms with van der Waals surface area (Å²) in [6.45, 7) is 4.50. The number of aromatic nitrogens is 2. The first kappa shape index (κ1) is 15.0. The van der Waals surface area contributed by atoms with E-state index in [0.29, 0.717) is 11.8 Å². The summed E-state index contributed by atoms with van der Waals surface area (Å²) < 4.78 is 1.19. The van der Waals surface area contributed by atoms with Crippen LogP contribution < -0.4 is 5.32 Å². The number of halogens is 1. The molecule has 1 aromatic heterocycles. The molecular weight excluding hydrogens is 349 g/mol. The van der Waals surface area contributed by atoms with Gasteiger partial charge in [-0.25, -0.2) is 9.97 Å². The fraction of sp³-hybridized carbons (Fsp3) is 0.733. The smallest absolute Gasteiger partial charge is 0.143 e. The normalized spacial score (nSPS) is 16.9. The largest absolute Gasteiger partial charge is 0.372 e. The minimum atomic E-state index is 0.573. The number of nitrogens with one attached hydrogen (secondary N) is 1. The molecule has 1 aliphatic carbocycles. The molecule has 0 amide bonds. The second-order valence-corrected chi connectivity index (χ2v) is 6.95. The van der Waals surface area contributed by atoms with Gasteiger partial charge in [0.25, 0.3) is 0 Å². The molecule has 0 aliphatic heterocycles. The Morgan fingerprint density at radius 3 is 2.47 bits per heavy atom. The average molecular weight is 373 g/mol. The Morgan fingerprint density at radius 1 is 1.21 bits per heavy atom. The number of hydrogen-bond acceptors (Lipinski definition) is 3. The predicted molar refractivity (Wildman–Crippen MR) is 88.7 cm³/mol. The van der Waals surface area contributed by atoms with Crippen LogP contribution in [-0.4, -0.2) is 17.0 Å². The molecule has 4 heteroatoms. The molecule has 0 saturated heterocycles. The summed E-state index contributed by atoms with van der Waals surface area (Å²) >= 11 is 2.37. The predicted octanol–water partition coefficient (Wildman–Crippen LogP) is 4.37. The maximum absolute atomic E-state index is 4.89. The molecule has 0 atom stereocenters. The van der Waals surface area contributed by atoms with Crippen molar-refractivity contribution in [2.75, 3.05) is 12.4 Å². The molecule has 1 aromatic rings. The summed E-state index contributed by atoms with van der Waals surface area (Å²) in [4.78, 5) is 9.64. The summed E-state index contributed by atoms with van der Waals surface area (Å²) in [6.07, 6.45) is 7.58. The molecule has 19 heavy (non-hydrogen) atoms. The lowest BCUT2D eigenvalue weighted by atomic mass is 9.88. The number of hydrogen-bond donors (Lipinski definition) is 1. The van der Waals surface area contributed by atoms with E-state index < -0.39 is 0 Å². The molecule has 3 nitrogen and oxygen atoms in total. The van der Waals surface area contributed by atoms with Crippen molar-refractivity contribution in [1.82, 2.24) is 9.97 Å². The van der Waals surface area contributed by atoms with Gasteiger partial charge in [0.1, 0.15) is 11.6 Å². The summed E-state index contributed by atoms with van der Waals surface area (Å²) in [5, 5.41) is 3.23. The van der Waals surface area contributed by atoms with E-state index in [1.54, 1.807) is 0 Å². The zero-order chi connectivity index (χ0) is 13.8. The SMILES string of the molecule is CNc1nc(C2CCCCC2)nc(CC(C)C)c1I. The molecule has 1 fully saturated rings. The van der Waals surface area contributed by atoms with Crippen LogP contribution in [0.2, 0.25) is 0 Å². The van der Waals surface area contributed by atoms with Crippen LogP contribution in [0.5, 0.6) is 0 Å². The van der Waals surface area contributed by atoms with Crippen LogP contribution in [-0.2, 0) is 6.42 Å². The molecule has 106 valence electrons. The summed E-state index contributed by atoms with van der Waals surface area (Å²) in [6, 6.07) is 0. The van der Waals surface area contributed by atoms with Crippen molar-refractivity contribution >= 4 is 28.4 Å². The lowest BCUT2D eigenvalue weighted by Crippen LogP contribution is -2.14. The lowest BCUT2D eigenvalue weighted by Gasteiger charge is -2.22. The van der Waals surface area contributed by atoms with Crippen LogP contribution >= 0.6 is 22.6 Å². The average Bonchev–Trinajstić information content (AvgIpc) is 2.41. The van der Waals surface area contributed by atoms with Gasteiger partial charge in [-0.05, 0) is 47.8 Å². The van der Waals surface area contributed by atoms with E-state index in [2.05, 4.69) is 41.8 Å². The molecule has 0 aromatic carbocycles. The van der Waals surface area contributed by atoms with Crippen molar-refractivity contribution < 1.29 is 0 Å². The van der Waals surface area contributed by atoms with E-state index >= 15 is 0 Å². The maximum Gasteiger partial charge on any atom is 0.143 e. The maximum atomic E-state index is 4.89. The fourth-order valence-electron chi connectivity index (χ4n) is 2.74. The van der Waals surface area contributed by atoms with Crippen molar-refractivity contribution in [3.8, 4) is 0 Å². The van der Waals surface area contributed by atoms with Crippen LogP contribution in [0.3, 0.4) is 0 Å². The molecule has 1 aliphatic rings. The highest BCUT2D eigenvalue weighted by molar-refractivity contribution is 14.1. The Morgan fingerprint density at radius 2 is 1.89 bits per heavy atom. The van der Waals surface area contributed by atoms with Gasteiger partial charge in [0.2, 0.25) is 0 Å². The molecule has 0 bridgehead atoms. The van der Waals surface area contributed by atoms with E-state index in [-0.39, 0.29) is 0 Å². The van der Waals surface area contributed by atoms with Gasteiger partial charge in [0, 0.05) is 13.0 Å². The summed E-state index contributed by atoms with van der Waals surface area (Å²) in [7, 11) is 1.95. The molecule has 1 saturated carbocycles. The number of rotatable bonds is 4. The van der Waals surface area contributed by atoms with Crippen molar-refractivity contribution in [1.29, 1.82) is 0 Å². The Kier molecular flexibility index (Phi) is 5.42. The van der Waals surface area contributed by atoms with Crippen molar-refractivity contribution in [2.24, 2.45) is 5.92 Å². The van der Waals surface area contributed by atoms with E-state index in [0.717, 1.165) is 18.1 Å². The van der Waals surface area contributed by atoms with Crippen molar-refractivity contribution in [3.05, 3.63) is 15.1 Å². The lowest BCUT2D eigenvalue weighted by molar-refractivity contribution is 0.427. The minimum absolute atomic E-state index is 0.573. The van der Waals surface area contributed by atoms with E-state index in [4.69, 9.17) is 9.97 Å². The molecule has 2 rings (SSSR count). The third kappa shape index (κ3) is 3.80. The van der Waals surface area contributed by atoms with Gasteiger partial charge in [-0.2, -0.15) is 0 Å². The second kappa shape index (κ2) is 6.86. The highest BCUT2D eigenvalue weighted by Crippen LogP contribution is 2.32. The van der Waals surface area contributed by atoms with Gasteiger partial charge >= 0.3 is 0 Å². The Balaban J connectivity index is 2.32. The van der Waals surface area contributed by atoms with Crippen LogP contribution in [0.4, 0.5) is 5.82 Å². The first-order valence-electron chi connectivity index (χ1n) is 7.36. The highest BCUT2D eigenvalue weighted by Gasteiger charge is 2.21. The molecular formula is C15H24IN3. The first-order chi connectivity index (χ1) is 9.11. The van der Waals surface area contributed by atoms with Crippen LogP contribution in [0.15, 0.2) is 0 Å². The van der Waals surface area contributed by atoms with Gasteiger partial charge in [-0.1, -0.05) is 33.1 Å². The van der Waals surface area contributed by atoms with Crippen molar-refractivity contribution in [3.63, 3.8) is 0 Å². The summed E-state index contributed by atoms with van der Waals surface area (Å²) in [5.41, 5.74) is 1.22. The molecule has 0 radical (unpaired) electrons. The van der Waals surface area contributed by atoms with Gasteiger partial charge in [0.05, 0.1) is 9.26 Å². The third-order valence-corrected chi connectivity index (χ3v) is 4.88. The zero-order valence-corrected chi connectivity index (χ0v) is 14.3. The molecule has 1 N–H and O–H groups in total. The number of nitrogens with zero attached hydrogens (tertiary/aromatic N) is 2. The molecule has 0 spiro atoms. The highest BCUT2D eigenvalue weighted by atomic mass is 127. The topological polar surface area (TPSA) is 37.8 Å². The van der Waals surface area contributed by atoms with Gasteiger partial charge < -0.3 is 5.32 Å². The van der Waals surface area contributed by atoms with E-state index in [9.17, 15) is 0 Å². The van der Waals surface area contributed by atoms with Gasteiger partial charge in [-0.3, -0.25) is 0 Å². The second-order valence-electron chi connectivity index (χ2n) is 5.87. The Labute approximate surface area is 130 Å². The van der Waals surface area contributed by atoms with E-state index in [1.165, 1.54) is 41.4 Å². The monoisotopic (exact) mass is 373 g/mol. The minimum Gasteiger partial charge on any atom is -0.372 e. The fourth-order valence-corrected chi connectivity index (χ4v) is 3.47.